The Balaban J connectivity index is 2.63. The van der Waals surface area contributed by atoms with Crippen molar-refractivity contribution in [3.8, 4) is 0 Å². The Morgan fingerprint density at radius 3 is 2.57 bits per heavy atom. The summed E-state index contributed by atoms with van der Waals surface area (Å²) >= 11 is 0. The molecule has 1 unspecified atom stereocenters. The van der Waals surface area contributed by atoms with E-state index in [-0.39, 0.29) is 12.3 Å². The number of aliphatic carboxylic acids is 1. The van der Waals surface area contributed by atoms with Crippen molar-refractivity contribution in [3.63, 3.8) is 0 Å². The van der Waals surface area contributed by atoms with E-state index in [0.717, 1.165) is 5.56 Å². The van der Waals surface area contributed by atoms with Crippen LogP contribution < -0.4 is 5.11 Å². The van der Waals surface area contributed by atoms with E-state index in [1.165, 1.54) is 0 Å². The number of benzene rings is 1. The Morgan fingerprint density at radius 1 is 1.43 bits per heavy atom. The van der Waals surface area contributed by atoms with Crippen molar-refractivity contribution in [1.29, 1.82) is 0 Å². The summed E-state index contributed by atoms with van der Waals surface area (Å²) in [4.78, 5) is 10.3. The van der Waals surface area contributed by atoms with Crippen molar-refractivity contribution < 1.29 is 9.90 Å². The van der Waals surface area contributed by atoms with Crippen molar-refractivity contribution in [3.05, 3.63) is 48.6 Å². The van der Waals surface area contributed by atoms with Crippen LogP contribution in [0.1, 0.15) is 24.3 Å². The third-order valence-electron chi connectivity index (χ3n) is 2.17. The molecule has 74 valence electrons. The molecule has 0 aliphatic rings. The van der Waals surface area contributed by atoms with Gasteiger partial charge in [0.1, 0.15) is 0 Å². The molecule has 0 amide bonds. The molecule has 2 nitrogen and oxygen atoms in total. The summed E-state index contributed by atoms with van der Waals surface area (Å²) in [6.45, 7) is 3.70. The second kappa shape index (κ2) is 5.22. The van der Waals surface area contributed by atoms with Crippen molar-refractivity contribution in [1.82, 2.24) is 0 Å². The van der Waals surface area contributed by atoms with Gasteiger partial charge in [0.25, 0.3) is 0 Å². The van der Waals surface area contributed by atoms with Gasteiger partial charge >= 0.3 is 0 Å². The van der Waals surface area contributed by atoms with Crippen LogP contribution in [0.3, 0.4) is 0 Å². The third-order valence-corrected chi connectivity index (χ3v) is 2.17. The molecule has 1 rings (SSSR count). The van der Waals surface area contributed by atoms with Crippen LogP contribution in [0.5, 0.6) is 0 Å². The van der Waals surface area contributed by atoms with Gasteiger partial charge < -0.3 is 9.90 Å². The van der Waals surface area contributed by atoms with Gasteiger partial charge in [0, 0.05) is 11.9 Å². The van der Waals surface area contributed by atoms with Gasteiger partial charge in [-0.2, -0.15) is 0 Å². The van der Waals surface area contributed by atoms with Crippen LogP contribution in [0.2, 0.25) is 0 Å². The van der Waals surface area contributed by atoms with E-state index in [2.05, 4.69) is 6.58 Å². The molecule has 1 aromatic carbocycles. The number of carboxylic acids is 1. The van der Waals surface area contributed by atoms with Gasteiger partial charge in [-0.3, -0.25) is 0 Å². The van der Waals surface area contributed by atoms with Crippen LogP contribution in [0.4, 0.5) is 0 Å². The summed E-state index contributed by atoms with van der Waals surface area (Å²) in [6, 6.07) is 9.75. The Bertz CT molecular complexity index is 303. The predicted molar refractivity (Wildman–Crippen MR) is 53.6 cm³/mol. The number of hydrogen-bond acceptors (Lipinski definition) is 2. The second-order valence-electron chi connectivity index (χ2n) is 3.16. The number of carboxylic acid groups (broad SMARTS) is 1. The van der Waals surface area contributed by atoms with E-state index in [0.29, 0.717) is 6.42 Å². The molecular weight excluding hydrogens is 176 g/mol. The zero-order valence-electron chi connectivity index (χ0n) is 7.98. The highest BCUT2D eigenvalue weighted by Gasteiger charge is 2.05. The number of allylic oxidation sites excluding steroid dienone is 1. The highest BCUT2D eigenvalue weighted by atomic mass is 16.4. The van der Waals surface area contributed by atoms with Crippen LogP contribution in [0.15, 0.2) is 43.0 Å². The van der Waals surface area contributed by atoms with Crippen molar-refractivity contribution >= 4 is 5.97 Å². The maximum atomic E-state index is 10.3. The Hall–Kier alpha value is -1.57. The summed E-state index contributed by atoms with van der Waals surface area (Å²) in [7, 11) is 0. The van der Waals surface area contributed by atoms with Gasteiger partial charge in [0.05, 0.1) is 0 Å². The molecule has 0 saturated carbocycles. The third kappa shape index (κ3) is 3.05. The average Bonchev–Trinajstić information content (AvgIpc) is 2.20. The van der Waals surface area contributed by atoms with Crippen LogP contribution in [-0.4, -0.2) is 5.97 Å². The van der Waals surface area contributed by atoms with Gasteiger partial charge in [0.2, 0.25) is 0 Å². The van der Waals surface area contributed by atoms with E-state index >= 15 is 0 Å². The standard InChI is InChI=1S/C12H14O2/c1-2-10(8-9-12(13)14)11-6-4-3-5-7-11/h2-7,10H,1,8-9H2,(H,13,14)/p-1. The molecule has 0 aliphatic heterocycles. The van der Waals surface area contributed by atoms with E-state index < -0.39 is 5.97 Å². The normalized spacial score (nSPS) is 12.0. The number of carbonyl (C=O) groups excluding carboxylic acids is 1. The molecule has 0 radical (unpaired) electrons. The van der Waals surface area contributed by atoms with E-state index in [1.54, 1.807) is 6.08 Å². The first kappa shape index (κ1) is 10.5. The first-order valence-electron chi connectivity index (χ1n) is 4.61. The highest BCUT2D eigenvalue weighted by Crippen LogP contribution is 2.21. The minimum absolute atomic E-state index is 0.0750. The monoisotopic (exact) mass is 189 g/mol. The molecule has 0 N–H and O–H groups in total. The van der Waals surface area contributed by atoms with Crippen LogP contribution in [-0.2, 0) is 4.79 Å². The van der Waals surface area contributed by atoms with E-state index in [4.69, 9.17) is 0 Å². The van der Waals surface area contributed by atoms with Crippen LogP contribution in [0, 0.1) is 0 Å². The fraction of sp³-hybridized carbons (Fsp3) is 0.250. The first-order valence-corrected chi connectivity index (χ1v) is 4.61. The Morgan fingerprint density at radius 2 is 2.07 bits per heavy atom. The fourth-order valence-corrected chi connectivity index (χ4v) is 1.39. The topological polar surface area (TPSA) is 40.1 Å². The zero-order chi connectivity index (χ0) is 10.4. The van der Waals surface area contributed by atoms with Gasteiger partial charge in [-0.25, -0.2) is 0 Å². The quantitative estimate of drug-likeness (QED) is 0.658. The highest BCUT2D eigenvalue weighted by molar-refractivity contribution is 5.64. The molecule has 0 heterocycles. The number of rotatable bonds is 5. The van der Waals surface area contributed by atoms with E-state index in [9.17, 15) is 9.90 Å². The number of hydrogen-bond donors (Lipinski definition) is 0. The number of carbonyl (C=O) groups is 1. The van der Waals surface area contributed by atoms with Gasteiger partial charge in [0.15, 0.2) is 0 Å². The summed E-state index contributed by atoms with van der Waals surface area (Å²) in [5.74, 6) is -0.901. The van der Waals surface area contributed by atoms with Crippen molar-refractivity contribution in [2.24, 2.45) is 0 Å². The minimum Gasteiger partial charge on any atom is -0.550 e. The molecule has 0 fully saturated rings. The maximum absolute atomic E-state index is 10.3. The lowest BCUT2D eigenvalue weighted by Gasteiger charge is -2.12. The molecule has 0 aromatic heterocycles. The lowest BCUT2D eigenvalue weighted by Crippen LogP contribution is -2.22. The average molecular weight is 189 g/mol. The second-order valence-corrected chi connectivity index (χ2v) is 3.16. The Kier molecular flexibility index (Phi) is 3.92. The van der Waals surface area contributed by atoms with Gasteiger partial charge in [-0.15, -0.1) is 6.58 Å². The maximum Gasteiger partial charge on any atom is 0.0414 e. The summed E-state index contributed by atoms with van der Waals surface area (Å²) < 4.78 is 0. The van der Waals surface area contributed by atoms with Crippen molar-refractivity contribution in [2.45, 2.75) is 18.8 Å². The minimum atomic E-state index is -1.01. The SMILES string of the molecule is C=CC(CCC(=O)[O-])c1ccccc1. The molecular formula is C12H13O2-. The summed E-state index contributed by atoms with van der Waals surface area (Å²) in [5, 5.41) is 10.3. The van der Waals surface area contributed by atoms with Crippen LogP contribution in [0.25, 0.3) is 0 Å². The lowest BCUT2D eigenvalue weighted by molar-refractivity contribution is -0.305. The lowest BCUT2D eigenvalue weighted by atomic mass is 9.94. The summed E-state index contributed by atoms with van der Waals surface area (Å²) in [6.07, 6.45) is 2.40. The predicted octanol–water partition coefficient (Wildman–Crippen LogP) is 1.49. The van der Waals surface area contributed by atoms with Crippen molar-refractivity contribution in [2.75, 3.05) is 0 Å². The molecule has 14 heavy (non-hydrogen) atoms. The summed E-state index contributed by atoms with van der Waals surface area (Å²) in [5.41, 5.74) is 1.10. The van der Waals surface area contributed by atoms with Crippen LogP contribution >= 0.6 is 0 Å². The van der Waals surface area contributed by atoms with Gasteiger partial charge in [-0.1, -0.05) is 36.4 Å². The molecule has 0 aliphatic carbocycles. The molecule has 0 saturated heterocycles. The molecule has 0 spiro atoms. The smallest absolute Gasteiger partial charge is 0.0414 e. The first-order chi connectivity index (χ1) is 6.74. The van der Waals surface area contributed by atoms with E-state index in [1.807, 2.05) is 30.3 Å². The zero-order valence-corrected chi connectivity index (χ0v) is 7.98. The largest absolute Gasteiger partial charge is 0.550 e. The Labute approximate surface area is 83.9 Å². The molecule has 2 heteroatoms. The molecule has 0 bridgehead atoms. The fourth-order valence-electron chi connectivity index (χ4n) is 1.39. The molecule has 1 atom stereocenters. The van der Waals surface area contributed by atoms with Gasteiger partial charge in [-0.05, 0) is 18.4 Å². The molecule has 1 aromatic rings.